The summed E-state index contributed by atoms with van der Waals surface area (Å²) in [4.78, 5) is 10.9. The molecule has 0 unspecified atom stereocenters. The van der Waals surface area contributed by atoms with Crippen molar-refractivity contribution in [1.29, 1.82) is 0 Å². The van der Waals surface area contributed by atoms with Gasteiger partial charge in [-0.15, -0.1) is 0 Å². The van der Waals surface area contributed by atoms with Gasteiger partial charge in [0.1, 0.15) is 12.4 Å². The van der Waals surface area contributed by atoms with Crippen LogP contribution in [-0.2, 0) is 6.61 Å². The van der Waals surface area contributed by atoms with Crippen molar-refractivity contribution in [2.24, 2.45) is 0 Å². The lowest BCUT2D eigenvalue weighted by Crippen LogP contribution is -2.02. The molecule has 0 saturated heterocycles. The zero-order chi connectivity index (χ0) is 13.8. The molecule has 0 heterocycles. The minimum atomic E-state index is -0.926. The fourth-order valence-electron chi connectivity index (χ4n) is 1.55. The third-order valence-electron chi connectivity index (χ3n) is 2.47. The number of hydrogen-bond donors (Lipinski definition) is 1. The number of carboxylic acids is 1. The van der Waals surface area contributed by atoms with Gasteiger partial charge in [-0.2, -0.15) is 0 Å². The summed E-state index contributed by atoms with van der Waals surface area (Å²) >= 11 is 4.19. The van der Waals surface area contributed by atoms with Gasteiger partial charge in [0, 0.05) is 0 Å². The van der Waals surface area contributed by atoms with Crippen molar-refractivity contribution < 1.29 is 14.6 Å². The number of carboxylic acid groups (broad SMARTS) is 1. The molecule has 2 aromatic rings. The molecule has 0 aliphatic heterocycles. The lowest BCUT2D eigenvalue weighted by atomic mass is 10.2. The number of hydrogen-bond acceptors (Lipinski definition) is 2. The van der Waals surface area contributed by atoms with E-state index in [9.17, 15) is 4.79 Å². The lowest BCUT2D eigenvalue weighted by molar-refractivity contribution is 0.0696. The van der Waals surface area contributed by atoms with Gasteiger partial charge < -0.3 is 9.84 Å². The van der Waals surface area contributed by atoms with E-state index in [1.54, 1.807) is 12.1 Å². The maximum Gasteiger partial charge on any atom is 0.335 e. The van der Waals surface area contributed by atoms with Crippen LogP contribution >= 0.6 is 45.2 Å². The molecule has 1 N–H and O–H groups in total. The maximum atomic E-state index is 10.9. The van der Waals surface area contributed by atoms with Gasteiger partial charge >= 0.3 is 5.97 Å². The minimum absolute atomic E-state index is 0.279. The topological polar surface area (TPSA) is 46.5 Å². The summed E-state index contributed by atoms with van der Waals surface area (Å²) < 4.78 is 7.39. The molecule has 0 fully saturated rings. The first kappa shape index (κ1) is 14.6. The molecule has 19 heavy (non-hydrogen) atoms. The molecule has 0 amide bonds. The summed E-state index contributed by atoms with van der Waals surface area (Å²) in [5, 5.41) is 8.99. The fraction of sp³-hybridized carbons (Fsp3) is 0.0714. The van der Waals surface area contributed by atoms with Gasteiger partial charge in [-0.05, 0) is 62.9 Å². The molecule has 2 aromatic carbocycles. The van der Waals surface area contributed by atoms with Crippen molar-refractivity contribution in [3.63, 3.8) is 0 Å². The largest absolute Gasteiger partial charge is 0.487 e. The fourth-order valence-corrected chi connectivity index (χ4v) is 3.63. The van der Waals surface area contributed by atoms with Crippen molar-refractivity contribution in [2.75, 3.05) is 0 Å². The summed E-state index contributed by atoms with van der Waals surface area (Å²) in [5.74, 6) is -0.194. The number of aromatic carboxylic acids is 1. The molecule has 0 radical (unpaired) electrons. The van der Waals surface area contributed by atoms with E-state index in [1.807, 2.05) is 30.3 Å². The zero-order valence-corrected chi connectivity index (χ0v) is 14.1. The number of carbonyl (C=O) groups is 1. The highest BCUT2D eigenvalue weighted by atomic mass is 127. The number of ether oxygens (including phenoxy) is 1. The van der Waals surface area contributed by atoms with Crippen LogP contribution in [0.1, 0.15) is 15.9 Å². The summed E-state index contributed by atoms with van der Waals surface area (Å²) in [6.07, 6.45) is 0. The molecule has 0 aromatic heterocycles. The second kappa shape index (κ2) is 6.56. The van der Waals surface area contributed by atoms with E-state index in [2.05, 4.69) is 45.2 Å². The molecular weight excluding hydrogens is 470 g/mol. The van der Waals surface area contributed by atoms with Crippen molar-refractivity contribution in [1.82, 2.24) is 0 Å². The second-order valence-electron chi connectivity index (χ2n) is 3.85. The van der Waals surface area contributed by atoms with E-state index in [-0.39, 0.29) is 5.56 Å². The van der Waals surface area contributed by atoms with Gasteiger partial charge in [-0.1, -0.05) is 30.3 Å². The first-order valence-electron chi connectivity index (χ1n) is 5.47. The minimum Gasteiger partial charge on any atom is -0.487 e. The Morgan fingerprint density at radius 2 is 1.68 bits per heavy atom. The highest BCUT2D eigenvalue weighted by Crippen LogP contribution is 2.29. The van der Waals surface area contributed by atoms with Crippen LogP contribution < -0.4 is 4.74 Å². The van der Waals surface area contributed by atoms with Crippen LogP contribution in [0, 0.1) is 7.14 Å². The number of rotatable bonds is 4. The summed E-state index contributed by atoms with van der Waals surface area (Å²) in [5.41, 5.74) is 1.36. The molecule has 98 valence electrons. The monoisotopic (exact) mass is 480 g/mol. The van der Waals surface area contributed by atoms with Crippen LogP contribution in [0.15, 0.2) is 42.5 Å². The summed E-state index contributed by atoms with van der Waals surface area (Å²) in [6, 6.07) is 13.1. The molecular formula is C14H10I2O3. The maximum absolute atomic E-state index is 10.9. The number of halogens is 2. The third-order valence-corrected chi connectivity index (χ3v) is 4.07. The lowest BCUT2D eigenvalue weighted by Gasteiger charge is -2.11. The van der Waals surface area contributed by atoms with E-state index in [0.717, 1.165) is 18.5 Å². The van der Waals surface area contributed by atoms with Gasteiger partial charge in [-0.25, -0.2) is 4.79 Å². The SMILES string of the molecule is O=C(O)c1cc(I)c(OCc2ccccc2)c(I)c1. The van der Waals surface area contributed by atoms with E-state index in [4.69, 9.17) is 9.84 Å². The molecule has 0 spiro atoms. The highest BCUT2D eigenvalue weighted by molar-refractivity contribution is 14.1. The average molecular weight is 480 g/mol. The highest BCUT2D eigenvalue weighted by Gasteiger charge is 2.12. The van der Waals surface area contributed by atoms with Gasteiger partial charge in [0.25, 0.3) is 0 Å². The predicted octanol–water partition coefficient (Wildman–Crippen LogP) is 4.17. The van der Waals surface area contributed by atoms with Crippen molar-refractivity contribution in [3.05, 3.63) is 60.7 Å². The van der Waals surface area contributed by atoms with Crippen LogP contribution in [0.5, 0.6) is 5.75 Å². The Labute approximate surface area is 138 Å². The molecule has 0 aliphatic rings. The summed E-state index contributed by atoms with van der Waals surface area (Å²) in [7, 11) is 0. The average Bonchev–Trinajstić information content (AvgIpc) is 2.38. The first-order chi connectivity index (χ1) is 9.08. The standard InChI is InChI=1S/C14H10I2O3/c15-11-6-10(14(17)18)7-12(16)13(11)19-8-9-4-2-1-3-5-9/h1-7H,8H2,(H,17,18). The molecule has 0 aliphatic carbocycles. The normalized spacial score (nSPS) is 10.2. The quantitative estimate of drug-likeness (QED) is 0.669. The summed E-state index contributed by atoms with van der Waals surface area (Å²) in [6.45, 7) is 0.471. The number of benzene rings is 2. The molecule has 0 bridgehead atoms. The second-order valence-corrected chi connectivity index (χ2v) is 6.17. The van der Waals surface area contributed by atoms with Crippen molar-refractivity contribution in [2.45, 2.75) is 6.61 Å². The van der Waals surface area contributed by atoms with Crippen molar-refractivity contribution in [3.8, 4) is 5.75 Å². The van der Waals surface area contributed by atoms with Crippen LogP contribution in [0.3, 0.4) is 0 Å². The van der Waals surface area contributed by atoms with Crippen molar-refractivity contribution >= 4 is 51.2 Å². The van der Waals surface area contributed by atoms with Gasteiger partial charge in [0.05, 0.1) is 12.7 Å². The molecule has 0 saturated carbocycles. The van der Waals surface area contributed by atoms with Crippen LogP contribution in [0.4, 0.5) is 0 Å². The Morgan fingerprint density at radius 1 is 1.11 bits per heavy atom. The van der Waals surface area contributed by atoms with E-state index >= 15 is 0 Å². The van der Waals surface area contributed by atoms with Gasteiger partial charge in [0.2, 0.25) is 0 Å². The Kier molecular flexibility index (Phi) is 5.03. The van der Waals surface area contributed by atoms with Crippen LogP contribution in [0.2, 0.25) is 0 Å². The third kappa shape index (κ3) is 3.82. The van der Waals surface area contributed by atoms with Crippen LogP contribution in [-0.4, -0.2) is 11.1 Å². The zero-order valence-electron chi connectivity index (χ0n) is 9.77. The van der Waals surface area contributed by atoms with Gasteiger partial charge in [-0.3, -0.25) is 0 Å². The Hall–Kier alpha value is -0.830. The Bertz CT molecular complexity index is 574. The molecule has 3 nitrogen and oxygen atoms in total. The Morgan fingerprint density at radius 3 is 2.21 bits per heavy atom. The van der Waals surface area contributed by atoms with E-state index in [1.165, 1.54) is 0 Å². The first-order valence-corrected chi connectivity index (χ1v) is 7.62. The Balaban J connectivity index is 2.19. The van der Waals surface area contributed by atoms with Crippen LogP contribution in [0.25, 0.3) is 0 Å². The van der Waals surface area contributed by atoms with Gasteiger partial charge in [0.15, 0.2) is 0 Å². The van der Waals surface area contributed by atoms with E-state index < -0.39 is 5.97 Å². The molecule has 2 rings (SSSR count). The smallest absolute Gasteiger partial charge is 0.335 e. The molecule has 0 atom stereocenters. The van der Waals surface area contributed by atoms with E-state index in [0.29, 0.717) is 6.61 Å². The predicted molar refractivity (Wildman–Crippen MR) is 89.6 cm³/mol. The molecule has 5 heteroatoms.